The Hall–Kier alpha value is -5.27. The van der Waals surface area contributed by atoms with Crippen LogP contribution in [0.4, 0.5) is 4.79 Å². The van der Waals surface area contributed by atoms with E-state index in [2.05, 4.69) is 15.3 Å². The van der Waals surface area contributed by atoms with Gasteiger partial charge in [0.15, 0.2) is 18.6 Å². The van der Waals surface area contributed by atoms with Crippen LogP contribution >= 0.6 is 0 Å². The van der Waals surface area contributed by atoms with Gasteiger partial charge in [-0.1, -0.05) is 114 Å². The van der Waals surface area contributed by atoms with Crippen LogP contribution in [0.3, 0.4) is 0 Å². The number of carbonyl (C=O) groups is 2. The minimum atomic E-state index is -1.35. The summed E-state index contributed by atoms with van der Waals surface area (Å²) in [5, 5.41) is 17.6. The number of fused-ring (bicyclic) bond motifs is 4. The molecule has 13 nitrogen and oxygen atoms in total. The number of ether oxygens (including phenoxy) is 6. The van der Waals surface area contributed by atoms with Crippen LogP contribution in [0.25, 0.3) is 21.6 Å². The van der Waals surface area contributed by atoms with Crippen LogP contribution in [-0.4, -0.2) is 73.7 Å². The molecular formula is C38H36N4O9. The van der Waals surface area contributed by atoms with Gasteiger partial charge in [-0.15, -0.1) is 0 Å². The quantitative estimate of drug-likeness (QED) is 0.0888. The number of rotatable bonds is 11. The van der Waals surface area contributed by atoms with Crippen molar-refractivity contribution in [3.8, 4) is 11.1 Å². The molecule has 0 aromatic heterocycles. The minimum absolute atomic E-state index is 0.0242. The molecule has 2 fully saturated rings. The standard InChI is InChI=1S/C38H36N4O9/c39-42-41-32-33(43)34-31(22-48-36(51-34)24-13-5-2-6-14-24)50-37(32)47-21-30(35(44)46-19-23-11-3-1-4-12-23)40-38(45)49-20-29-27-17-9-7-15-25(27)26-16-8-10-18-28(26)29/h1-18,29-34,36-37,43H,19-22H2,(H,40,45)/t30-,31?,32?,33?,34?,36?,37?/m0/s1. The SMILES string of the molecule is [N-]=[N+]=NC1C(OC[C@H](NC(=O)OCC2c3ccccc3-c3ccccc32)C(=O)OCc2ccccc2)OC2COC(c3ccccc3)OC2C1O. The van der Waals surface area contributed by atoms with E-state index < -0.39 is 61.6 Å². The highest BCUT2D eigenvalue weighted by molar-refractivity contribution is 5.82. The number of nitrogens with zero attached hydrogens (tertiary/aromatic N) is 3. The molecule has 6 unspecified atom stereocenters. The van der Waals surface area contributed by atoms with E-state index in [1.165, 1.54) is 0 Å². The number of hydrogen-bond acceptors (Lipinski definition) is 10. The van der Waals surface area contributed by atoms with E-state index in [0.717, 1.165) is 33.4 Å². The van der Waals surface area contributed by atoms with Crippen LogP contribution in [0.2, 0.25) is 0 Å². The maximum absolute atomic E-state index is 13.4. The highest BCUT2D eigenvalue weighted by atomic mass is 16.7. The Balaban J connectivity index is 1.03. The normalized spacial score (nSPS) is 24.2. The molecule has 262 valence electrons. The van der Waals surface area contributed by atoms with Crippen LogP contribution in [0.1, 0.15) is 34.5 Å². The summed E-state index contributed by atoms with van der Waals surface area (Å²) in [4.78, 5) is 29.5. The average Bonchev–Trinajstić information content (AvgIpc) is 3.50. The summed E-state index contributed by atoms with van der Waals surface area (Å²) in [6, 6.07) is 31.6. The van der Waals surface area contributed by atoms with E-state index in [9.17, 15) is 20.2 Å². The second-order valence-electron chi connectivity index (χ2n) is 12.4. The lowest BCUT2D eigenvalue weighted by molar-refractivity contribution is -0.342. The molecule has 4 aromatic rings. The molecule has 0 bridgehead atoms. The van der Waals surface area contributed by atoms with Gasteiger partial charge >= 0.3 is 12.1 Å². The number of alkyl carbamates (subject to hydrolysis) is 1. The van der Waals surface area contributed by atoms with Crippen LogP contribution < -0.4 is 5.32 Å². The van der Waals surface area contributed by atoms with Gasteiger partial charge in [-0.2, -0.15) is 0 Å². The van der Waals surface area contributed by atoms with Crippen LogP contribution in [0.15, 0.2) is 114 Å². The molecule has 13 heteroatoms. The fourth-order valence-electron chi connectivity index (χ4n) is 6.65. The lowest BCUT2D eigenvalue weighted by atomic mass is 9.96. The molecule has 3 aliphatic rings. The number of azide groups is 1. The molecule has 0 radical (unpaired) electrons. The molecule has 4 aromatic carbocycles. The van der Waals surface area contributed by atoms with E-state index in [-0.39, 0.29) is 25.7 Å². The van der Waals surface area contributed by atoms with Crippen molar-refractivity contribution < 1.29 is 43.1 Å². The third-order valence-corrected chi connectivity index (χ3v) is 9.16. The fourth-order valence-corrected chi connectivity index (χ4v) is 6.65. The van der Waals surface area contributed by atoms with Crippen LogP contribution in [-0.2, 0) is 39.8 Å². The zero-order valence-corrected chi connectivity index (χ0v) is 27.4. The molecule has 1 aliphatic carbocycles. The highest BCUT2D eigenvalue weighted by Gasteiger charge is 2.50. The van der Waals surface area contributed by atoms with Crippen molar-refractivity contribution in [1.82, 2.24) is 5.32 Å². The van der Waals surface area contributed by atoms with Crippen molar-refractivity contribution in [2.24, 2.45) is 5.11 Å². The second-order valence-corrected chi connectivity index (χ2v) is 12.4. The van der Waals surface area contributed by atoms with E-state index >= 15 is 0 Å². The highest BCUT2D eigenvalue weighted by Crippen LogP contribution is 2.44. The van der Waals surface area contributed by atoms with E-state index in [1.54, 1.807) is 12.1 Å². The van der Waals surface area contributed by atoms with Gasteiger partial charge in [0.2, 0.25) is 0 Å². The Morgan fingerprint density at radius 3 is 2.22 bits per heavy atom. The van der Waals surface area contributed by atoms with Crippen LogP contribution in [0.5, 0.6) is 0 Å². The lowest BCUT2D eigenvalue weighted by Crippen LogP contribution is -2.62. The predicted molar refractivity (Wildman–Crippen MR) is 182 cm³/mol. The topological polar surface area (TPSA) is 171 Å². The number of carbonyl (C=O) groups excluding carboxylic acids is 2. The zero-order valence-electron chi connectivity index (χ0n) is 27.4. The first kappa shape index (κ1) is 34.2. The van der Waals surface area contributed by atoms with Gasteiger partial charge < -0.3 is 38.8 Å². The molecule has 7 rings (SSSR count). The Morgan fingerprint density at radius 1 is 0.882 bits per heavy atom. The summed E-state index contributed by atoms with van der Waals surface area (Å²) in [6.07, 6.45) is -5.96. The number of aliphatic hydroxyl groups excluding tert-OH is 1. The summed E-state index contributed by atoms with van der Waals surface area (Å²) in [5.74, 6) is -0.990. The fraction of sp³-hybridized carbons (Fsp3) is 0.316. The lowest BCUT2D eigenvalue weighted by Gasteiger charge is -2.46. The maximum Gasteiger partial charge on any atom is 0.407 e. The molecule has 2 heterocycles. The molecule has 2 aliphatic heterocycles. The third-order valence-electron chi connectivity index (χ3n) is 9.16. The zero-order chi connectivity index (χ0) is 35.2. The first-order chi connectivity index (χ1) is 25.0. The first-order valence-corrected chi connectivity index (χ1v) is 16.6. The second kappa shape index (κ2) is 15.7. The molecule has 0 saturated carbocycles. The van der Waals surface area contributed by atoms with Crippen LogP contribution in [0, 0.1) is 0 Å². The Labute approximate surface area is 293 Å². The van der Waals surface area contributed by atoms with E-state index in [0.29, 0.717) is 0 Å². The van der Waals surface area contributed by atoms with Gasteiger partial charge in [-0.25, -0.2) is 9.59 Å². The maximum atomic E-state index is 13.4. The van der Waals surface area contributed by atoms with Gasteiger partial charge in [0.1, 0.15) is 31.5 Å². The third kappa shape index (κ3) is 7.59. The van der Waals surface area contributed by atoms with Crippen molar-refractivity contribution in [1.29, 1.82) is 0 Å². The number of esters is 1. The minimum Gasteiger partial charge on any atom is -0.459 e. The number of nitrogens with one attached hydrogen (secondary N) is 1. The summed E-state index contributed by atoms with van der Waals surface area (Å²) in [5.41, 5.74) is 15.1. The van der Waals surface area contributed by atoms with Gasteiger partial charge in [0.25, 0.3) is 0 Å². The molecule has 0 spiro atoms. The van der Waals surface area contributed by atoms with Crippen molar-refractivity contribution in [2.75, 3.05) is 19.8 Å². The Bertz CT molecular complexity index is 1830. The molecule has 2 saturated heterocycles. The first-order valence-electron chi connectivity index (χ1n) is 16.6. The molecule has 2 N–H and O–H groups in total. The van der Waals surface area contributed by atoms with Gasteiger partial charge in [0, 0.05) is 16.4 Å². The summed E-state index contributed by atoms with van der Waals surface area (Å²) < 4.78 is 35.1. The summed E-state index contributed by atoms with van der Waals surface area (Å²) in [7, 11) is 0. The van der Waals surface area contributed by atoms with Crippen molar-refractivity contribution >= 4 is 12.1 Å². The summed E-state index contributed by atoms with van der Waals surface area (Å²) in [6.45, 7) is -0.441. The van der Waals surface area contributed by atoms with E-state index in [4.69, 9.17) is 28.4 Å². The van der Waals surface area contributed by atoms with Crippen molar-refractivity contribution in [2.45, 2.75) is 55.5 Å². The van der Waals surface area contributed by atoms with E-state index in [1.807, 2.05) is 97.1 Å². The molecule has 51 heavy (non-hydrogen) atoms. The molecular weight excluding hydrogens is 656 g/mol. The number of benzene rings is 4. The smallest absolute Gasteiger partial charge is 0.407 e. The van der Waals surface area contributed by atoms with Crippen molar-refractivity contribution in [3.05, 3.63) is 142 Å². The Kier molecular flexibility index (Phi) is 10.5. The number of amides is 1. The van der Waals surface area contributed by atoms with Crippen molar-refractivity contribution in [3.63, 3.8) is 0 Å². The number of hydrogen-bond donors (Lipinski definition) is 2. The molecule has 7 atom stereocenters. The summed E-state index contributed by atoms with van der Waals surface area (Å²) >= 11 is 0. The molecule has 1 amide bonds. The Morgan fingerprint density at radius 2 is 1.53 bits per heavy atom. The van der Waals surface area contributed by atoms with Gasteiger partial charge in [0.05, 0.1) is 19.3 Å². The van der Waals surface area contributed by atoms with Gasteiger partial charge in [-0.05, 0) is 33.3 Å². The monoisotopic (exact) mass is 692 g/mol. The average molecular weight is 693 g/mol. The number of aliphatic hydroxyl groups is 1. The predicted octanol–water partition coefficient (Wildman–Crippen LogP) is 5.53. The largest absolute Gasteiger partial charge is 0.459 e. The van der Waals surface area contributed by atoms with Gasteiger partial charge in [-0.3, -0.25) is 0 Å².